The number of aromatic nitrogens is 1. The molecule has 22 heavy (non-hydrogen) atoms. The first-order valence-corrected chi connectivity index (χ1v) is 7.30. The van der Waals surface area contributed by atoms with Gasteiger partial charge >= 0.3 is 5.97 Å². The molecule has 0 bridgehead atoms. The normalized spacial score (nSPS) is 10.6. The second-order valence-electron chi connectivity index (χ2n) is 4.30. The molecule has 3 aromatic rings. The molecule has 110 valence electrons. The summed E-state index contributed by atoms with van der Waals surface area (Å²) in [5, 5.41) is 10.6. The van der Waals surface area contributed by atoms with Crippen molar-refractivity contribution in [2.24, 2.45) is 0 Å². The molecule has 1 aromatic heterocycles. The molecule has 2 aromatic carbocycles. The molecule has 0 unspecified atom stereocenters. The van der Waals surface area contributed by atoms with Gasteiger partial charge in [0.15, 0.2) is 0 Å². The van der Waals surface area contributed by atoms with Crippen LogP contribution in [0.25, 0.3) is 10.2 Å². The molecule has 0 aliphatic rings. The molecule has 0 aliphatic carbocycles. The Bertz CT molecular complexity index is 893. The first-order chi connectivity index (χ1) is 10.5. The number of non-ortho nitro benzene ring substituents is 1. The van der Waals surface area contributed by atoms with Crippen LogP contribution in [0.1, 0.15) is 10.4 Å². The average Bonchev–Trinajstić information content (AvgIpc) is 2.96. The van der Waals surface area contributed by atoms with Crippen molar-refractivity contribution in [2.45, 2.75) is 0 Å². The van der Waals surface area contributed by atoms with Crippen molar-refractivity contribution in [2.75, 3.05) is 0 Å². The van der Waals surface area contributed by atoms with Crippen molar-refractivity contribution in [1.29, 1.82) is 0 Å². The molecule has 0 amide bonds. The van der Waals surface area contributed by atoms with E-state index in [4.69, 9.17) is 16.3 Å². The summed E-state index contributed by atoms with van der Waals surface area (Å²) in [5.41, 5.74) is 2.67. The van der Waals surface area contributed by atoms with Gasteiger partial charge in [0.2, 0.25) is 0 Å². The smallest absolute Gasteiger partial charge is 0.343 e. The number of ether oxygens (including phenoxy) is 1. The standard InChI is InChI=1S/C14H7ClN2O4S/c15-10-6-9(17(19)20)2-4-12(10)21-14(18)8-1-3-11-13(5-8)22-7-16-11/h1-7H. The van der Waals surface area contributed by atoms with Gasteiger partial charge in [-0.15, -0.1) is 11.3 Å². The predicted octanol–water partition coefficient (Wildman–Crippen LogP) is 4.08. The highest BCUT2D eigenvalue weighted by molar-refractivity contribution is 7.16. The van der Waals surface area contributed by atoms with E-state index in [1.807, 2.05) is 0 Å². The quantitative estimate of drug-likeness (QED) is 0.312. The van der Waals surface area contributed by atoms with Gasteiger partial charge in [-0.3, -0.25) is 10.1 Å². The largest absolute Gasteiger partial charge is 0.421 e. The number of carbonyl (C=O) groups is 1. The Morgan fingerprint density at radius 3 is 2.82 bits per heavy atom. The Kier molecular flexibility index (Phi) is 3.74. The van der Waals surface area contributed by atoms with Crippen molar-refractivity contribution in [1.82, 2.24) is 4.98 Å². The molecular formula is C14H7ClN2O4S. The highest BCUT2D eigenvalue weighted by Gasteiger charge is 2.15. The van der Waals surface area contributed by atoms with E-state index in [0.29, 0.717) is 5.56 Å². The number of carbonyl (C=O) groups excluding carboxylic acids is 1. The van der Waals surface area contributed by atoms with Crippen molar-refractivity contribution in [3.8, 4) is 5.75 Å². The zero-order valence-corrected chi connectivity index (χ0v) is 12.4. The molecule has 1 heterocycles. The van der Waals surface area contributed by atoms with Crippen LogP contribution in [0.4, 0.5) is 5.69 Å². The summed E-state index contributed by atoms with van der Waals surface area (Å²) in [6.45, 7) is 0. The highest BCUT2D eigenvalue weighted by Crippen LogP contribution is 2.29. The van der Waals surface area contributed by atoms with Crippen molar-refractivity contribution < 1.29 is 14.5 Å². The van der Waals surface area contributed by atoms with Gasteiger partial charge < -0.3 is 4.74 Å². The number of rotatable bonds is 3. The van der Waals surface area contributed by atoms with Gasteiger partial charge in [-0.2, -0.15) is 0 Å². The minimum absolute atomic E-state index is 0.00131. The van der Waals surface area contributed by atoms with Crippen LogP contribution < -0.4 is 4.74 Å². The zero-order valence-electron chi connectivity index (χ0n) is 10.9. The van der Waals surface area contributed by atoms with Gasteiger partial charge in [-0.05, 0) is 24.3 Å². The van der Waals surface area contributed by atoms with Crippen LogP contribution in [-0.4, -0.2) is 15.9 Å². The molecule has 0 spiro atoms. The maximum Gasteiger partial charge on any atom is 0.343 e. The first-order valence-electron chi connectivity index (χ1n) is 6.04. The molecule has 0 N–H and O–H groups in total. The molecule has 0 atom stereocenters. The van der Waals surface area contributed by atoms with Gasteiger partial charge in [0.25, 0.3) is 5.69 Å². The molecule has 0 saturated carbocycles. The first kappa shape index (κ1) is 14.4. The fourth-order valence-electron chi connectivity index (χ4n) is 1.83. The fourth-order valence-corrected chi connectivity index (χ4v) is 2.76. The molecule has 8 heteroatoms. The lowest BCUT2D eigenvalue weighted by Crippen LogP contribution is -2.08. The number of hydrogen-bond acceptors (Lipinski definition) is 6. The minimum Gasteiger partial charge on any atom is -0.421 e. The van der Waals surface area contributed by atoms with Gasteiger partial charge in [0, 0.05) is 12.1 Å². The number of thiazole rings is 1. The lowest BCUT2D eigenvalue weighted by atomic mass is 10.2. The number of halogens is 1. The third-order valence-electron chi connectivity index (χ3n) is 2.90. The maximum absolute atomic E-state index is 12.1. The van der Waals surface area contributed by atoms with Crippen LogP contribution >= 0.6 is 22.9 Å². The van der Waals surface area contributed by atoms with E-state index in [1.54, 1.807) is 23.7 Å². The number of nitro groups is 1. The number of nitro benzene ring substituents is 1. The number of benzene rings is 2. The van der Waals surface area contributed by atoms with Crippen LogP contribution in [0.3, 0.4) is 0 Å². The average molecular weight is 335 g/mol. The molecule has 0 saturated heterocycles. The lowest BCUT2D eigenvalue weighted by molar-refractivity contribution is -0.384. The van der Waals surface area contributed by atoms with Crippen LogP contribution in [0.2, 0.25) is 5.02 Å². The minimum atomic E-state index is -0.592. The summed E-state index contributed by atoms with van der Waals surface area (Å²) in [4.78, 5) is 26.3. The summed E-state index contributed by atoms with van der Waals surface area (Å²) in [6, 6.07) is 8.65. The molecule has 0 aliphatic heterocycles. The van der Waals surface area contributed by atoms with Crippen LogP contribution in [0, 0.1) is 10.1 Å². The van der Waals surface area contributed by atoms with Gasteiger partial charge in [0.1, 0.15) is 5.75 Å². The van der Waals surface area contributed by atoms with Crippen LogP contribution in [0.5, 0.6) is 5.75 Å². The van der Waals surface area contributed by atoms with Crippen molar-refractivity contribution in [3.05, 3.63) is 62.6 Å². The van der Waals surface area contributed by atoms with Crippen LogP contribution in [-0.2, 0) is 0 Å². The molecule has 3 rings (SSSR count). The van der Waals surface area contributed by atoms with E-state index in [1.165, 1.54) is 23.5 Å². The summed E-state index contributed by atoms with van der Waals surface area (Å²) in [7, 11) is 0. The third-order valence-corrected chi connectivity index (χ3v) is 3.98. The summed E-state index contributed by atoms with van der Waals surface area (Å²) < 4.78 is 6.05. The van der Waals surface area contributed by atoms with E-state index in [-0.39, 0.29) is 16.5 Å². The number of esters is 1. The van der Waals surface area contributed by atoms with Crippen molar-refractivity contribution in [3.63, 3.8) is 0 Å². The SMILES string of the molecule is O=C(Oc1ccc([N+](=O)[O-])cc1Cl)c1ccc2ncsc2c1. The summed E-state index contributed by atoms with van der Waals surface area (Å²) in [5.74, 6) is -0.521. The zero-order chi connectivity index (χ0) is 15.7. The summed E-state index contributed by atoms with van der Waals surface area (Å²) in [6.07, 6.45) is 0. The lowest BCUT2D eigenvalue weighted by Gasteiger charge is -2.06. The summed E-state index contributed by atoms with van der Waals surface area (Å²) >= 11 is 7.31. The molecule has 0 fully saturated rings. The fraction of sp³-hybridized carbons (Fsp3) is 0. The number of fused-ring (bicyclic) bond motifs is 1. The highest BCUT2D eigenvalue weighted by atomic mass is 35.5. The Morgan fingerprint density at radius 2 is 2.09 bits per heavy atom. The van der Waals surface area contributed by atoms with Gasteiger partial charge in [-0.1, -0.05) is 11.6 Å². The Labute approximate surface area is 133 Å². The number of hydrogen-bond donors (Lipinski definition) is 0. The number of nitrogens with zero attached hydrogens (tertiary/aromatic N) is 2. The Morgan fingerprint density at radius 1 is 1.27 bits per heavy atom. The van der Waals surface area contributed by atoms with Crippen molar-refractivity contribution >= 4 is 44.8 Å². The monoisotopic (exact) mass is 334 g/mol. The predicted molar refractivity (Wildman–Crippen MR) is 82.7 cm³/mol. The second kappa shape index (κ2) is 5.70. The molecule has 6 nitrogen and oxygen atoms in total. The topological polar surface area (TPSA) is 82.3 Å². The van der Waals surface area contributed by atoms with E-state index in [0.717, 1.165) is 16.3 Å². The third kappa shape index (κ3) is 2.76. The molecular weight excluding hydrogens is 328 g/mol. The van der Waals surface area contributed by atoms with Gasteiger partial charge in [0.05, 0.1) is 31.2 Å². The van der Waals surface area contributed by atoms with Gasteiger partial charge in [-0.25, -0.2) is 9.78 Å². The molecule has 0 radical (unpaired) electrons. The Hall–Kier alpha value is -2.51. The van der Waals surface area contributed by atoms with Crippen LogP contribution in [0.15, 0.2) is 41.9 Å². The van der Waals surface area contributed by atoms with E-state index >= 15 is 0 Å². The van der Waals surface area contributed by atoms with E-state index in [9.17, 15) is 14.9 Å². The Balaban J connectivity index is 1.85. The second-order valence-corrected chi connectivity index (χ2v) is 5.59. The maximum atomic E-state index is 12.1. The van der Waals surface area contributed by atoms with E-state index in [2.05, 4.69) is 4.98 Å². The van der Waals surface area contributed by atoms with E-state index < -0.39 is 10.9 Å².